The van der Waals surface area contributed by atoms with Crippen LogP contribution in [-0.4, -0.2) is 12.6 Å². The Hall–Kier alpha value is -1.03. The average molecular weight is 271 g/mol. The highest BCUT2D eigenvalue weighted by Crippen LogP contribution is 2.34. The second kappa shape index (κ2) is 5.95. The van der Waals surface area contributed by atoms with Crippen LogP contribution in [0.3, 0.4) is 0 Å². The zero-order valence-corrected chi connectivity index (χ0v) is 11.1. The third-order valence-electron chi connectivity index (χ3n) is 3.57. The number of rotatable bonds is 6. The Kier molecular flexibility index (Phi) is 4.50. The lowest BCUT2D eigenvalue weighted by Gasteiger charge is -2.18. The van der Waals surface area contributed by atoms with Crippen molar-refractivity contribution in [1.29, 1.82) is 0 Å². The Morgan fingerprint density at radius 3 is 2.32 bits per heavy atom. The summed E-state index contributed by atoms with van der Waals surface area (Å²) in [4.78, 5) is 0. The third kappa shape index (κ3) is 4.53. The summed E-state index contributed by atoms with van der Waals surface area (Å²) in [7, 11) is 0. The lowest BCUT2D eigenvalue weighted by atomic mass is 10.00. The molecule has 0 aliphatic heterocycles. The van der Waals surface area contributed by atoms with Crippen LogP contribution in [0.4, 0.5) is 13.2 Å². The minimum absolute atomic E-state index is 0.384. The van der Waals surface area contributed by atoms with Gasteiger partial charge in [0.05, 0.1) is 5.56 Å². The van der Waals surface area contributed by atoms with Crippen LogP contribution in [0, 0.1) is 5.92 Å². The fourth-order valence-electron chi connectivity index (χ4n) is 2.40. The monoisotopic (exact) mass is 271 g/mol. The number of halogens is 3. The first-order valence-corrected chi connectivity index (χ1v) is 6.88. The molecule has 0 bridgehead atoms. The van der Waals surface area contributed by atoms with Crippen molar-refractivity contribution >= 4 is 0 Å². The van der Waals surface area contributed by atoms with E-state index < -0.39 is 11.7 Å². The minimum atomic E-state index is -4.24. The Morgan fingerprint density at radius 2 is 1.84 bits per heavy atom. The van der Waals surface area contributed by atoms with E-state index >= 15 is 0 Å². The molecule has 106 valence electrons. The van der Waals surface area contributed by atoms with Crippen LogP contribution in [0.2, 0.25) is 0 Å². The molecule has 19 heavy (non-hydrogen) atoms. The van der Waals surface area contributed by atoms with Crippen LogP contribution < -0.4 is 5.32 Å². The Bertz CT molecular complexity index is 393. The number of nitrogens with one attached hydrogen (secondary N) is 1. The molecule has 0 saturated heterocycles. The van der Waals surface area contributed by atoms with Crippen LogP contribution in [0.25, 0.3) is 0 Å². The molecule has 1 atom stereocenters. The summed E-state index contributed by atoms with van der Waals surface area (Å²) < 4.78 is 37.4. The van der Waals surface area contributed by atoms with E-state index in [4.69, 9.17) is 0 Å². The highest BCUT2D eigenvalue weighted by atomic mass is 19.4. The van der Waals surface area contributed by atoms with Gasteiger partial charge in [0.2, 0.25) is 0 Å². The molecule has 0 spiro atoms. The summed E-state index contributed by atoms with van der Waals surface area (Å²) in [5.74, 6) is 0.818. The molecule has 0 aromatic heterocycles. The minimum Gasteiger partial charge on any atom is -0.314 e. The van der Waals surface area contributed by atoms with Crippen LogP contribution >= 0.6 is 0 Å². The first kappa shape index (κ1) is 14.4. The molecule has 1 N–H and O–H groups in total. The van der Waals surface area contributed by atoms with Gasteiger partial charge in [-0.15, -0.1) is 0 Å². The molecular weight excluding hydrogens is 251 g/mol. The zero-order chi connectivity index (χ0) is 13.9. The highest BCUT2D eigenvalue weighted by molar-refractivity contribution is 5.25. The fourth-order valence-corrected chi connectivity index (χ4v) is 2.40. The normalized spacial score (nSPS) is 17.5. The standard InChI is InChI=1S/C15H20F3N/c1-2-19-14(9-11-3-4-11)10-12-5-7-13(8-6-12)15(16,17)18/h5-8,11,14,19H,2-4,9-10H2,1H3. The lowest BCUT2D eigenvalue weighted by Crippen LogP contribution is -2.31. The highest BCUT2D eigenvalue weighted by Gasteiger charge is 2.30. The molecule has 1 aliphatic rings. The molecule has 0 heterocycles. The van der Waals surface area contributed by atoms with Crippen molar-refractivity contribution in [2.45, 2.75) is 44.8 Å². The van der Waals surface area contributed by atoms with E-state index in [1.807, 2.05) is 0 Å². The summed E-state index contributed by atoms with van der Waals surface area (Å²) in [6, 6.07) is 5.93. The molecule has 1 aromatic rings. The van der Waals surface area contributed by atoms with Crippen molar-refractivity contribution in [3.63, 3.8) is 0 Å². The molecule has 0 radical (unpaired) electrons. The molecule has 1 aliphatic carbocycles. The predicted octanol–water partition coefficient (Wildman–Crippen LogP) is 4.03. The van der Waals surface area contributed by atoms with E-state index in [0.717, 1.165) is 30.9 Å². The van der Waals surface area contributed by atoms with Gasteiger partial charge in [0.15, 0.2) is 0 Å². The van der Waals surface area contributed by atoms with E-state index in [1.54, 1.807) is 12.1 Å². The van der Waals surface area contributed by atoms with Gasteiger partial charge in [0.1, 0.15) is 0 Å². The maximum absolute atomic E-state index is 12.5. The second-order valence-electron chi connectivity index (χ2n) is 5.33. The van der Waals surface area contributed by atoms with Gasteiger partial charge in [-0.3, -0.25) is 0 Å². The zero-order valence-electron chi connectivity index (χ0n) is 11.1. The average Bonchev–Trinajstić information content (AvgIpc) is 3.13. The maximum Gasteiger partial charge on any atom is 0.416 e. The van der Waals surface area contributed by atoms with Crippen molar-refractivity contribution < 1.29 is 13.2 Å². The smallest absolute Gasteiger partial charge is 0.314 e. The van der Waals surface area contributed by atoms with Gasteiger partial charge in [-0.25, -0.2) is 0 Å². The van der Waals surface area contributed by atoms with Gasteiger partial charge in [-0.2, -0.15) is 13.2 Å². The summed E-state index contributed by atoms with van der Waals surface area (Å²) in [6.07, 6.45) is 0.300. The summed E-state index contributed by atoms with van der Waals surface area (Å²) in [5.41, 5.74) is 0.401. The van der Waals surface area contributed by atoms with Crippen molar-refractivity contribution in [2.75, 3.05) is 6.54 Å². The number of likely N-dealkylation sites (N-methyl/N-ethyl adjacent to an activating group) is 1. The number of hydrogen-bond acceptors (Lipinski definition) is 1. The SMILES string of the molecule is CCNC(Cc1ccc(C(F)(F)F)cc1)CC1CC1. The lowest BCUT2D eigenvalue weighted by molar-refractivity contribution is -0.137. The van der Waals surface area contributed by atoms with E-state index in [0.29, 0.717) is 6.04 Å². The van der Waals surface area contributed by atoms with Gasteiger partial charge >= 0.3 is 6.18 Å². The van der Waals surface area contributed by atoms with E-state index in [9.17, 15) is 13.2 Å². The van der Waals surface area contributed by atoms with E-state index in [2.05, 4.69) is 12.2 Å². The molecule has 0 amide bonds. The first-order valence-electron chi connectivity index (χ1n) is 6.88. The van der Waals surface area contributed by atoms with Gasteiger partial charge in [-0.1, -0.05) is 31.9 Å². The fraction of sp³-hybridized carbons (Fsp3) is 0.600. The van der Waals surface area contributed by atoms with Crippen molar-refractivity contribution in [3.05, 3.63) is 35.4 Å². The first-order chi connectivity index (χ1) is 8.99. The van der Waals surface area contributed by atoms with Gasteiger partial charge < -0.3 is 5.32 Å². The van der Waals surface area contributed by atoms with E-state index in [-0.39, 0.29) is 0 Å². The van der Waals surface area contributed by atoms with Crippen molar-refractivity contribution in [2.24, 2.45) is 5.92 Å². The number of benzene rings is 1. The molecule has 1 saturated carbocycles. The summed E-state index contributed by atoms with van der Waals surface area (Å²) in [5, 5.41) is 3.43. The summed E-state index contributed by atoms with van der Waals surface area (Å²) >= 11 is 0. The van der Waals surface area contributed by atoms with Crippen LogP contribution in [0.5, 0.6) is 0 Å². The maximum atomic E-state index is 12.5. The summed E-state index contributed by atoms with van der Waals surface area (Å²) in [6.45, 7) is 2.96. The van der Waals surface area contributed by atoms with Crippen molar-refractivity contribution in [1.82, 2.24) is 5.32 Å². The third-order valence-corrected chi connectivity index (χ3v) is 3.57. The predicted molar refractivity (Wildman–Crippen MR) is 70.0 cm³/mol. The molecule has 4 heteroatoms. The number of alkyl halides is 3. The number of hydrogen-bond donors (Lipinski definition) is 1. The topological polar surface area (TPSA) is 12.0 Å². The van der Waals surface area contributed by atoms with Gasteiger partial charge in [0.25, 0.3) is 0 Å². The molecule has 1 nitrogen and oxygen atoms in total. The largest absolute Gasteiger partial charge is 0.416 e. The van der Waals surface area contributed by atoms with E-state index in [1.165, 1.54) is 25.0 Å². The molecule has 2 rings (SSSR count). The van der Waals surface area contributed by atoms with Crippen molar-refractivity contribution in [3.8, 4) is 0 Å². The van der Waals surface area contributed by atoms with Crippen LogP contribution in [0.1, 0.15) is 37.3 Å². The van der Waals surface area contributed by atoms with Gasteiger partial charge in [-0.05, 0) is 43.0 Å². The van der Waals surface area contributed by atoms with Gasteiger partial charge in [0, 0.05) is 6.04 Å². The van der Waals surface area contributed by atoms with Crippen LogP contribution in [-0.2, 0) is 12.6 Å². The quantitative estimate of drug-likeness (QED) is 0.823. The molecule has 1 unspecified atom stereocenters. The molecular formula is C15H20F3N. The Morgan fingerprint density at radius 1 is 1.21 bits per heavy atom. The molecule has 1 fully saturated rings. The molecule has 1 aromatic carbocycles. The van der Waals surface area contributed by atoms with Crippen LogP contribution in [0.15, 0.2) is 24.3 Å². The second-order valence-corrected chi connectivity index (χ2v) is 5.33. The Labute approximate surface area is 112 Å². The Balaban J connectivity index is 1.96.